The van der Waals surface area contributed by atoms with Crippen LogP contribution < -0.4 is 5.32 Å². The molecule has 1 aliphatic heterocycles. The van der Waals surface area contributed by atoms with Gasteiger partial charge >= 0.3 is 0 Å². The third-order valence-corrected chi connectivity index (χ3v) is 113. The van der Waals surface area contributed by atoms with Gasteiger partial charge in [0.1, 0.15) is 5.78 Å². The van der Waals surface area contributed by atoms with E-state index in [2.05, 4.69) is 12.2 Å². The van der Waals surface area contributed by atoms with Gasteiger partial charge in [-0.2, -0.15) is 0 Å². The minimum absolute atomic E-state index is 0.418. The van der Waals surface area contributed by atoms with E-state index in [-0.39, 0.29) is 0 Å². The van der Waals surface area contributed by atoms with Crippen molar-refractivity contribution in [1.29, 1.82) is 0 Å². The minimum Gasteiger partial charge on any atom is -0.310 e. The molecule has 1 aliphatic carbocycles. The molecule has 1 saturated carbocycles. The summed E-state index contributed by atoms with van der Waals surface area (Å²) in [6.45, 7) is 2.10. The predicted molar refractivity (Wildman–Crippen MR) is 426 cm³/mol. The third kappa shape index (κ3) is 59.0. The highest BCUT2D eigenvalue weighted by atomic mass is 33.5. The van der Waals surface area contributed by atoms with Crippen LogP contribution in [0.3, 0.4) is 0 Å². The summed E-state index contributed by atoms with van der Waals surface area (Å²) in [4.78, 5) is 11.2. The molecule has 1 saturated heterocycles. The van der Waals surface area contributed by atoms with Gasteiger partial charge in [0.15, 0.2) is 0 Å². The first-order valence-electron chi connectivity index (χ1n) is 13.0. The molecule has 0 aromatic heterocycles. The maximum absolute atomic E-state index is 11.2. The van der Waals surface area contributed by atoms with Crippen LogP contribution >= 0.6 is 0 Å². The van der Waals surface area contributed by atoms with E-state index < -0.39 is 0 Å². The summed E-state index contributed by atoms with van der Waals surface area (Å²) in [5.41, 5.74) is 0. The van der Waals surface area contributed by atoms with E-state index in [0.29, 0.717) is 17.9 Å². The van der Waals surface area contributed by atoms with E-state index in [1.54, 1.807) is 107 Å². The zero-order chi connectivity index (χ0) is 45.2. The second-order valence-corrected chi connectivity index (χ2v) is 95.8. The number of piperidine rings is 1. The Bertz CT molecular complexity index is 3770. The Morgan fingerprint density at radius 2 is 0.492 bits per heavy atom. The van der Waals surface area contributed by atoms with Crippen molar-refractivity contribution in [2.75, 3.05) is 0 Å². The molecule has 0 aromatic rings. The molecular formula is C9H15NOS52. The van der Waals surface area contributed by atoms with Crippen molar-refractivity contribution in [2.45, 2.75) is 44.7 Å². The van der Waals surface area contributed by atoms with Gasteiger partial charge in [-0.05, 0) is 25.7 Å². The lowest BCUT2D eigenvalue weighted by atomic mass is 9.95. The summed E-state index contributed by atoms with van der Waals surface area (Å²) in [6.07, 6.45) is 4.19. The van der Waals surface area contributed by atoms with Crippen LogP contribution in [-0.4, -0.2) is 17.9 Å². The van der Waals surface area contributed by atoms with Crippen LogP contribution in [0.1, 0.15) is 32.6 Å². The fraction of sp³-hybridized carbons (Fsp3) is 0.889. The van der Waals surface area contributed by atoms with Gasteiger partial charge in [-0.3, -0.25) is 4.79 Å². The molecule has 0 aromatic carbocycles. The van der Waals surface area contributed by atoms with E-state index in [1.807, 2.05) is 320 Å². The van der Waals surface area contributed by atoms with Crippen LogP contribution in [0.15, 0.2) is 0 Å². The van der Waals surface area contributed by atoms with Crippen LogP contribution in [0.2, 0.25) is 0 Å². The number of rotatable bonds is 1. The number of hydrogen-bond acceptors (Lipinski definition) is 4. The quantitative estimate of drug-likeness (QED) is 0.425. The van der Waals surface area contributed by atoms with Crippen molar-refractivity contribution >= 4 is 472 Å². The lowest BCUT2D eigenvalue weighted by molar-refractivity contribution is -0.121. The second-order valence-electron chi connectivity index (χ2n) is 7.36. The van der Waals surface area contributed by atoms with Gasteiger partial charge in [0.2, 0.25) is 0 Å². The molecular weight excluding hydrogens is 1810 g/mol. The number of carbonyl (C=O) groups is 1. The highest BCUT2D eigenvalue weighted by Crippen LogP contribution is 2.35. The molecule has 2 fully saturated rings. The Hall–Kier alpha value is 11.1. The van der Waals surface area contributed by atoms with Gasteiger partial charge in [-0.1, -0.05) is 0 Å². The molecule has 0 radical (unpaired) electrons. The first-order valence-corrected chi connectivity index (χ1v) is 81.0. The summed E-state index contributed by atoms with van der Waals surface area (Å²) in [7, 11) is 89.4. The van der Waals surface area contributed by atoms with Crippen molar-refractivity contribution in [1.82, 2.24) is 5.32 Å². The number of carbonyl (C=O) groups excluding carboxylic acids is 1. The van der Waals surface area contributed by atoms with E-state index in [9.17, 15) is 4.79 Å². The van der Waals surface area contributed by atoms with Gasteiger partial charge in [0.25, 0.3) is 0 Å². The molecule has 54 heteroatoms. The average molecular weight is 1820 g/mol. The Morgan fingerprint density at radius 1 is 0.317 bits per heavy atom. The first kappa shape index (κ1) is 72.1. The maximum atomic E-state index is 11.2. The standard InChI is InChI=1S/C9H15NO.S52/c1-6-4-8(11)5-9(10-6)7-2-3-7;1-3-5-7-9-11-13-15-17-19-21-23-25-27-29-31-33-35-37-39-41-43-45-47-49-51-52-50-48-46-44-42-40-38-36-34-32-30-28-26-24-22-20-18-16-14-12-10-8-6-4-2/h6-7,9-10H,2-5H2,1H3;. The number of hydrogen-bond donors (Lipinski definition) is 1. The smallest absolute Gasteiger partial charge is 0.136 e. The normalized spacial score (nSPS) is 13.3. The van der Waals surface area contributed by atoms with E-state index in [1.165, 1.54) is 30.6 Å². The zero-order valence-electron chi connectivity index (χ0n) is 28.2. The molecule has 1 N–H and O–H groups in total. The van der Waals surface area contributed by atoms with Gasteiger partial charge in [-0.25, -0.2) is 0 Å². The largest absolute Gasteiger partial charge is 0.310 e. The van der Waals surface area contributed by atoms with Crippen molar-refractivity contribution in [3.63, 3.8) is 0 Å². The summed E-state index contributed by atoms with van der Waals surface area (Å²) in [5.74, 6) is 1.27. The van der Waals surface area contributed by atoms with Crippen LogP contribution in [-0.2, 0) is 471 Å². The van der Waals surface area contributed by atoms with Crippen LogP contribution in [0.5, 0.6) is 0 Å². The first-order chi connectivity index (χ1) is 31.2. The molecule has 0 bridgehead atoms. The molecule has 63 heavy (non-hydrogen) atoms. The molecule has 2 unspecified atom stereocenters. The Balaban J connectivity index is 0.00000153. The molecule has 2 aliphatic rings. The van der Waals surface area contributed by atoms with E-state index >= 15 is 0 Å². The van der Waals surface area contributed by atoms with Gasteiger partial charge in [0.05, 0.1) is 0 Å². The van der Waals surface area contributed by atoms with Crippen LogP contribution in [0, 0.1) is 5.92 Å². The predicted octanol–water partition coefficient (Wildman–Crippen LogP) is 0.981. The SMILES string of the molecule is CC1CC(=O)CC(C2CC2)N1.S=S=S=S=S=S=S=S=S=S=S=S=S=S=S=S=S=S=S=S=S=S=S=S=S=S=S=S=S=S=S=S=S=S=S=S=S=S=S=S=S=S=S=S=S=S=S=S=S=S=S=S. The molecule has 1 heterocycles. The number of Topliss-reactive ketones (excluding diaryl/α,β-unsaturated/α-hetero) is 1. The topological polar surface area (TPSA) is 29.1 Å². The van der Waals surface area contributed by atoms with Gasteiger partial charge in [0, 0.05) is 491 Å². The van der Waals surface area contributed by atoms with Gasteiger partial charge in [-0.15, -0.1) is 0 Å². The summed E-state index contributed by atoms with van der Waals surface area (Å²) in [6, 6.07) is 0.938. The monoisotopic (exact) mass is 1820 g/mol. The van der Waals surface area contributed by atoms with Crippen molar-refractivity contribution in [3.05, 3.63) is 0 Å². The number of ketones is 1. The van der Waals surface area contributed by atoms with Crippen molar-refractivity contribution < 1.29 is 4.79 Å². The summed E-state index contributed by atoms with van der Waals surface area (Å²) < 4.78 is 0. The summed E-state index contributed by atoms with van der Waals surface area (Å²) in [5, 5.41) is 3.49. The fourth-order valence-corrected chi connectivity index (χ4v) is 134. The fourth-order valence-electron chi connectivity index (χ4n) is 2.50. The van der Waals surface area contributed by atoms with E-state index in [0.717, 1.165) is 18.8 Å². The lowest BCUT2D eigenvalue weighted by Gasteiger charge is -2.27. The highest BCUT2D eigenvalue weighted by molar-refractivity contribution is 8.82. The minimum atomic E-state index is 0.418. The molecule has 2 rings (SSSR count). The molecule has 2 atom stereocenters. The van der Waals surface area contributed by atoms with Crippen LogP contribution in [0.4, 0.5) is 0 Å². The molecule has 2 nitrogen and oxygen atoms in total. The summed E-state index contributed by atoms with van der Waals surface area (Å²) >= 11 is 9.63. The van der Waals surface area contributed by atoms with Crippen molar-refractivity contribution in [3.8, 4) is 0 Å². The van der Waals surface area contributed by atoms with E-state index in [4.69, 9.17) is 22.4 Å². The maximum Gasteiger partial charge on any atom is 0.136 e. The van der Waals surface area contributed by atoms with Crippen LogP contribution in [0.25, 0.3) is 0 Å². The van der Waals surface area contributed by atoms with Crippen molar-refractivity contribution in [2.24, 2.45) is 5.92 Å². The highest BCUT2D eigenvalue weighted by Gasteiger charge is 2.35. The van der Waals surface area contributed by atoms with Gasteiger partial charge < -0.3 is 5.32 Å². The lowest BCUT2D eigenvalue weighted by Crippen LogP contribution is -2.45. The Kier molecular flexibility index (Phi) is 71.2. The molecule has 0 spiro atoms. The zero-order valence-corrected chi connectivity index (χ0v) is 70.7. The molecule has 374 valence electrons. The Labute approximate surface area is 518 Å². The second kappa shape index (κ2) is 62.3. The average Bonchev–Trinajstić information content (AvgIpc) is 4.14. The number of nitrogens with one attached hydrogen (secondary N) is 1. The third-order valence-electron chi connectivity index (χ3n) is 4.03. The Morgan fingerprint density at radius 3 is 0.635 bits per heavy atom. The molecule has 0 amide bonds.